The molecule has 23 heavy (non-hydrogen) atoms. The molecule has 0 bridgehead atoms. The highest BCUT2D eigenvalue weighted by Gasteiger charge is 2.02. The second-order valence-electron chi connectivity index (χ2n) is 6.33. The second kappa shape index (κ2) is 17.3. The minimum absolute atomic E-state index is 0.0801. The molecule has 0 spiro atoms. The first-order valence-electron chi connectivity index (χ1n) is 9.41. The highest BCUT2D eigenvalue weighted by atomic mass is 16.4. The summed E-state index contributed by atoms with van der Waals surface area (Å²) in [5.41, 5.74) is 0. The number of allylic oxidation sites excluding steroid dienone is 3. The van der Waals surface area contributed by atoms with Gasteiger partial charge in [-0.2, -0.15) is 0 Å². The van der Waals surface area contributed by atoms with Gasteiger partial charge in [-0.1, -0.05) is 82.9 Å². The number of aliphatic hydroxyl groups excluding tert-OH is 1. The molecule has 2 N–H and O–H groups in total. The zero-order valence-electron chi connectivity index (χ0n) is 14.9. The molecular weight excluding hydrogens is 288 g/mol. The molecule has 0 heterocycles. The van der Waals surface area contributed by atoms with Crippen LogP contribution in [-0.4, -0.2) is 22.3 Å². The number of aliphatic hydroxyl groups is 1. The van der Waals surface area contributed by atoms with Crippen molar-refractivity contribution in [3.05, 3.63) is 24.3 Å². The molecule has 0 aromatic carbocycles. The van der Waals surface area contributed by atoms with Gasteiger partial charge in [-0.15, -0.1) is 0 Å². The summed E-state index contributed by atoms with van der Waals surface area (Å²) in [5, 5.41) is 18.2. The maximum Gasteiger partial charge on any atom is 0.328 e. The van der Waals surface area contributed by atoms with Crippen molar-refractivity contribution in [1.82, 2.24) is 0 Å². The summed E-state index contributed by atoms with van der Waals surface area (Å²) in [7, 11) is 0. The monoisotopic (exact) mass is 324 g/mol. The van der Waals surface area contributed by atoms with Crippen LogP contribution in [0.3, 0.4) is 0 Å². The lowest BCUT2D eigenvalue weighted by Crippen LogP contribution is -2.05. The third-order valence-electron chi connectivity index (χ3n) is 4.04. The van der Waals surface area contributed by atoms with Crippen molar-refractivity contribution < 1.29 is 15.0 Å². The van der Waals surface area contributed by atoms with E-state index in [9.17, 15) is 9.90 Å². The number of unbranched alkanes of at least 4 members (excludes halogenated alkanes) is 9. The van der Waals surface area contributed by atoms with Crippen LogP contribution in [0.2, 0.25) is 0 Å². The smallest absolute Gasteiger partial charge is 0.328 e. The Balaban J connectivity index is 3.23. The molecule has 134 valence electrons. The summed E-state index contributed by atoms with van der Waals surface area (Å²) in [4.78, 5) is 10.2. The number of hydrogen-bond acceptors (Lipinski definition) is 2. The molecule has 3 heteroatoms. The van der Waals surface area contributed by atoms with Crippen molar-refractivity contribution in [2.45, 2.75) is 96.5 Å². The van der Waals surface area contributed by atoms with E-state index in [1.165, 1.54) is 51.4 Å². The third-order valence-corrected chi connectivity index (χ3v) is 4.04. The normalized spacial score (nSPS) is 13.1. The number of hydrogen-bond donors (Lipinski definition) is 2. The maximum atomic E-state index is 10.2. The number of carboxylic acids is 1. The van der Waals surface area contributed by atoms with E-state index in [1.807, 2.05) is 6.08 Å². The molecule has 0 aromatic rings. The topological polar surface area (TPSA) is 57.5 Å². The van der Waals surface area contributed by atoms with Gasteiger partial charge in [0.2, 0.25) is 0 Å². The van der Waals surface area contributed by atoms with Crippen molar-refractivity contribution in [3.63, 3.8) is 0 Å². The predicted molar refractivity (Wildman–Crippen MR) is 97.6 cm³/mol. The van der Waals surface area contributed by atoms with Gasteiger partial charge in [0.1, 0.15) is 0 Å². The van der Waals surface area contributed by atoms with E-state index in [0.717, 1.165) is 38.2 Å². The average molecular weight is 325 g/mol. The zero-order valence-corrected chi connectivity index (χ0v) is 14.9. The van der Waals surface area contributed by atoms with Crippen LogP contribution in [0.4, 0.5) is 0 Å². The van der Waals surface area contributed by atoms with Crippen LogP contribution < -0.4 is 0 Å². The molecule has 0 aromatic heterocycles. The molecule has 0 saturated carbocycles. The quantitative estimate of drug-likeness (QED) is 0.219. The van der Waals surface area contributed by atoms with Crippen molar-refractivity contribution in [2.24, 2.45) is 0 Å². The Morgan fingerprint density at radius 1 is 0.870 bits per heavy atom. The highest BCUT2D eigenvalue weighted by Crippen LogP contribution is 2.13. The molecular formula is C20H36O3. The largest absolute Gasteiger partial charge is 0.478 e. The fourth-order valence-electron chi connectivity index (χ4n) is 2.61. The zero-order chi connectivity index (χ0) is 17.2. The Morgan fingerprint density at radius 3 is 2.04 bits per heavy atom. The van der Waals surface area contributed by atoms with E-state index in [1.54, 1.807) is 12.2 Å². The lowest BCUT2D eigenvalue weighted by Gasteiger charge is -2.09. The Hall–Kier alpha value is -1.09. The molecule has 3 nitrogen and oxygen atoms in total. The molecule has 0 radical (unpaired) electrons. The summed E-state index contributed by atoms with van der Waals surface area (Å²) in [6.07, 6.45) is 21.7. The fraction of sp³-hybridized carbons (Fsp3) is 0.750. The Kier molecular flexibility index (Phi) is 16.4. The van der Waals surface area contributed by atoms with E-state index in [0.29, 0.717) is 0 Å². The number of carbonyl (C=O) groups is 1. The standard InChI is InChI=1S/C20H36O3/c1-2-3-13-16-19(21)17-14-11-9-7-5-4-6-8-10-12-15-18-20(22)23/h10,12,15,18-19,21H,2-9,11,13-14,16-17H2,1H3,(H,22,23). The van der Waals surface area contributed by atoms with Gasteiger partial charge in [-0.3, -0.25) is 0 Å². The van der Waals surface area contributed by atoms with Gasteiger partial charge in [0.05, 0.1) is 6.10 Å². The van der Waals surface area contributed by atoms with Gasteiger partial charge >= 0.3 is 5.97 Å². The molecule has 0 rings (SSSR count). The second-order valence-corrected chi connectivity index (χ2v) is 6.33. The van der Waals surface area contributed by atoms with Crippen molar-refractivity contribution in [1.29, 1.82) is 0 Å². The number of carboxylic acid groups (broad SMARTS) is 1. The van der Waals surface area contributed by atoms with E-state index in [4.69, 9.17) is 5.11 Å². The van der Waals surface area contributed by atoms with Gasteiger partial charge < -0.3 is 10.2 Å². The van der Waals surface area contributed by atoms with Crippen molar-refractivity contribution in [3.8, 4) is 0 Å². The molecule has 0 saturated heterocycles. The van der Waals surface area contributed by atoms with E-state index >= 15 is 0 Å². The van der Waals surface area contributed by atoms with Crippen LogP contribution in [0, 0.1) is 0 Å². The van der Waals surface area contributed by atoms with Gasteiger partial charge in [0.25, 0.3) is 0 Å². The summed E-state index contributed by atoms with van der Waals surface area (Å²) >= 11 is 0. The first kappa shape index (κ1) is 21.9. The minimum Gasteiger partial charge on any atom is -0.478 e. The van der Waals surface area contributed by atoms with Crippen LogP contribution in [0.5, 0.6) is 0 Å². The molecule has 1 unspecified atom stereocenters. The first-order valence-corrected chi connectivity index (χ1v) is 9.41. The highest BCUT2D eigenvalue weighted by molar-refractivity contribution is 5.80. The molecule has 0 fully saturated rings. The Morgan fingerprint density at radius 2 is 1.43 bits per heavy atom. The van der Waals surface area contributed by atoms with Crippen LogP contribution in [-0.2, 0) is 4.79 Å². The molecule has 1 atom stereocenters. The van der Waals surface area contributed by atoms with Crippen molar-refractivity contribution in [2.75, 3.05) is 0 Å². The number of aliphatic carboxylic acids is 1. The summed E-state index contributed by atoms with van der Waals surface area (Å²) in [6.45, 7) is 2.19. The van der Waals surface area contributed by atoms with Crippen molar-refractivity contribution >= 4 is 5.97 Å². The fourth-order valence-corrected chi connectivity index (χ4v) is 2.61. The van der Waals surface area contributed by atoms with Crippen LogP contribution >= 0.6 is 0 Å². The van der Waals surface area contributed by atoms with Crippen LogP contribution in [0.1, 0.15) is 90.4 Å². The third kappa shape index (κ3) is 18.9. The minimum atomic E-state index is -0.900. The first-order chi connectivity index (χ1) is 11.2. The Bertz CT molecular complexity index is 321. The van der Waals surface area contributed by atoms with Gasteiger partial charge in [-0.25, -0.2) is 4.79 Å². The van der Waals surface area contributed by atoms with Gasteiger partial charge in [-0.05, 0) is 25.7 Å². The lowest BCUT2D eigenvalue weighted by atomic mass is 10.0. The summed E-state index contributed by atoms with van der Waals surface area (Å²) < 4.78 is 0. The summed E-state index contributed by atoms with van der Waals surface area (Å²) in [6, 6.07) is 0. The SMILES string of the molecule is CCCCCC(O)CCCCCCCCCC=CC=CC(=O)O. The molecule has 0 aliphatic rings. The lowest BCUT2D eigenvalue weighted by molar-refractivity contribution is -0.131. The summed E-state index contributed by atoms with van der Waals surface area (Å²) in [5.74, 6) is -0.900. The van der Waals surface area contributed by atoms with E-state index < -0.39 is 5.97 Å². The van der Waals surface area contributed by atoms with Gasteiger partial charge in [0.15, 0.2) is 0 Å². The molecule has 0 aliphatic carbocycles. The maximum absolute atomic E-state index is 10.2. The molecule has 0 amide bonds. The Labute approximate surface area is 142 Å². The average Bonchev–Trinajstić information content (AvgIpc) is 2.51. The van der Waals surface area contributed by atoms with E-state index in [-0.39, 0.29) is 6.10 Å². The number of rotatable bonds is 16. The molecule has 0 aliphatic heterocycles. The predicted octanol–water partition coefficient (Wildman–Crippen LogP) is 5.64. The van der Waals surface area contributed by atoms with Crippen LogP contribution in [0.15, 0.2) is 24.3 Å². The van der Waals surface area contributed by atoms with Crippen LogP contribution in [0.25, 0.3) is 0 Å². The van der Waals surface area contributed by atoms with E-state index in [2.05, 4.69) is 6.92 Å². The van der Waals surface area contributed by atoms with Gasteiger partial charge in [0, 0.05) is 6.08 Å².